The molecular formula is C20H23NO4. The average molecular weight is 341 g/mol. The molecule has 0 radical (unpaired) electrons. The Labute approximate surface area is 148 Å². The van der Waals surface area contributed by atoms with E-state index >= 15 is 0 Å². The normalized spacial score (nSPS) is 11.4. The summed E-state index contributed by atoms with van der Waals surface area (Å²) >= 11 is 0. The summed E-state index contributed by atoms with van der Waals surface area (Å²) in [6.45, 7) is 5.49. The van der Waals surface area contributed by atoms with Crippen molar-refractivity contribution in [3.05, 3.63) is 48.2 Å². The van der Waals surface area contributed by atoms with Crippen LogP contribution in [0.25, 0.3) is 17.3 Å². The van der Waals surface area contributed by atoms with E-state index in [4.69, 9.17) is 14.2 Å². The Balaban J connectivity index is 2.13. The average Bonchev–Trinajstić information content (AvgIpc) is 2.58. The lowest BCUT2D eigenvalue weighted by Crippen LogP contribution is -2.22. The van der Waals surface area contributed by atoms with Gasteiger partial charge in [0.05, 0.1) is 19.9 Å². The summed E-state index contributed by atoms with van der Waals surface area (Å²) in [5.74, 6) is 0.940. The zero-order valence-corrected chi connectivity index (χ0v) is 15.2. The van der Waals surface area contributed by atoms with Gasteiger partial charge in [-0.2, -0.15) is 0 Å². The lowest BCUT2D eigenvalue weighted by molar-refractivity contribution is -0.148. The van der Waals surface area contributed by atoms with Gasteiger partial charge in [0.2, 0.25) is 0 Å². The minimum Gasteiger partial charge on any atom is -0.493 e. The number of esters is 1. The van der Waals surface area contributed by atoms with Crippen molar-refractivity contribution in [1.82, 2.24) is 4.98 Å². The van der Waals surface area contributed by atoms with Crippen molar-refractivity contribution < 1.29 is 19.0 Å². The zero-order valence-electron chi connectivity index (χ0n) is 15.2. The summed E-state index contributed by atoms with van der Waals surface area (Å²) in [4.78, 5) is 16.1. The molecule has 0 fully saturated rings. The fourth-order valence-electron chi connectivity index (χ4n) is 2.17. The molecule has 1 aromatic carbocycles. The van der Waals surface area contributed by atoms with E-state index < -0.39 is 5.60 Å². The number of aromatic nitrogens is 1. The number of benzene rings is 1. The molecule has 132 valence electrons. The number of hydrogen-bond donors (Lipinski definition) is 0. The number of carbonyl (C=O) groups excluding carboxylic acids is 1. The van der Waals surface area contributed by atoms with Crippen molar-refractivity contribution in [2.24, 2.45) is 0 Å². The van der Waals surface area contributed by atoms with Gasteiger partial charge in [0.15, 0.2) is 11.5 Å². The first-order valence-corrected chi connectivity index (χ1v) is 7.92. The Morgan fingerprint density at radius 3 is 2.32 bits per heavy atom. The minimum absolute atomic E-state index is 0.378. The third-order valence-electron chi connectivity index (χ3n) is 3.28. The molecule has 5 heteroatoms. The molecule has 0 aliphatic carbocycles. The molecule has 0 atom stereocenters. The van der Waals surface area contributed by atoms with E-state index in [9.17, 15) is 4.79 Å². The van der Waals surface area contributed by atoms with Crippen LogP contribution >= 0.6 is 0 Å². The van der Waals surface area contributed by atoms with Crippen LogP contribution in [0.15, 0.2) is 42.6 Å². The van der Waals surface area contributed by atoms with Crippen LogP contribution in [0.1, 0.15) is 26.3 Å². The maximum atomic E-state index is 11.7. The molecule has 1 heterocycles. The van der Waals surface area contributed by atoms with Crippen molar-refractivity contribution in [3.8, 4) is 22.8 Å². The van der Waals surface area contributed by atoms with Crippen LogP contribution in [0.2, 0.25) is 0 Å². The molecule has 0 spiro atoms. The first-order valence-electron chi connectivity index (χ1n) is 7.92. The predicted molar refractivity (Wildman–Crippen MR) is 97.7 cm³/mol. The summed E-state index contributed by atoms with van der Waals surface area (Å²) in [6, 6.07) is 9.40. The van der Waals surface area contributed by atoms with Gasteiger partial charge in [-0.05, 0) is 56.7 Å². The Morgan fingerprint density at radius 1 is 1.04 bits per heavy atom. The highest BCUT2D eigenvalue weighted by Gasteiger charge is 2.13. The van der Waals surface area contributed by atoms with Crippen LogP contribution in [-0.2, 0) is 9.53 Å². The lowest BCUT2D eigenvalue weighted by atomic mass is 10.1. The Hall–Kier alpha value is -2.82. The van der Waals surface area contributed by atoms with E-state index in [0.717, 1.165) is 16.8 Å². The van der Waals surface area contributed by atoms with Gasteiger partial charge in [-0.25, -0.2) is 4.79 Å². The van der Waals surface area contributed by atoms with E-state index in [2.05, 4.69) is 4.98 Å². The summed E-state index contributed by atoms with van der Waals surface area (Å²) in [5, 5.41) is 0. The molecule has 0 saturated carbocycles. The number of ether oxygens (including phenoxy) is 3. The van der Waals surface area contributed by atoms with Gasteiger partial charge in [0.25, 0.3) is 0 Å². The van der Waals surface area contributed by atoms with Crippen LogP contribution in [-0.4, -0.2) is 30.8 Å². The molecule has 25 heavy (non-hydrogen) atoms. The Kier molecular flexibility index (Phi) is 5.80. The molecule has 0 saturated heterocycles. The first-order chi connectivity index (χ1) is 11.8. The maximum Gasteiger partial charge on any atom is 0.331 e. The van der Waals surface area contributed by atoms with Gasteiger partial charge in [0.1, 0.15) is 5.60 Å². The summed E-state index contributed by atoms with van der Waals surface area (Å²) in [5.41, 5.74) is 2.03. The molecule has 0 unspecified atom stereocenters. The van der Waals surface area contributed by atoms with Gasteiger partial charge in [0, 0.05) is 17.8 Å². The molecule has 5 nitrogen and oxygen atoms in total. The van der Waals surface area contributed by atoms with Crippen LogP contribution in [0, 0.1) is 0 Å². The van der Waals surface area contributed by atoms with Crippen molar-refractivity contribution in [2.75, 3.05) is 14.2 Å². The van der Waals surface area contributed by atoms with Gasteiger partial charge in [-0.15, -0.1) is 0 Å². The van der Waals surface area contributed by atoms with E-state index in [0.29, 0.717) is 11.5 Å². The van der Waals surface area contributed by atoms with Gasteiger partial charge in [-0.3, -0.25) is 4.98 Å². The van der Waals surface area contributed by atoms with E-state index in [1.165, 1.54) is 6.08 Å². The number of carbonyl (C=O) groups is 1. The van der Waals surface area contributed by atoms with E-state index in [-0.39, 0.29) is 5.97 Å². The minimum atomic E-state index is -0.503. The molecule has 2 rings (SSSR count). The second kappa shape index (κ2) is 7.83. The Bertz CT molecular complexity index is 758. The highest BCUT2D eigenvalue weighted by Crippen LogP contribution is 2.31. The summed E-state index contributed by atoms with van der Waals surface area (Å²) in [7, 11) is 3.20. The number of rotatable bonds is 5. The second-order valence-corrected chi connectivity index (χ2v) is 6.41. The van der Waals surface area contributed by atoms with Crippen LogP contribution in [0.3, 0.4) is 0 Å². The molecule has 0 bridgehead atoms. The van der Waals surface area contributed by atoms with Crippen LogP contribution < -0.4 is 9.47 Å². The second-order valence-electron chi connectivity index (χ2n) is 6.41. The first kappa shape index (κ1) is 18.5. The molecule has 1 aromatic heterocycles. The van der Waals surface area contributed by atoms with Gasteiger partial charge in [-0.1, -0.05) is 6.07 Å². The molecule has 0 N–H and O–H groups in total. The lowest BCUT2D eigenvalue weighted by Gasteiger charge is -2.17. The highest BCUT2D eigenvalue weighted by atomic mass is 16.6. The fourth-order valence-corrected chi connectivity index (χ4v) is 2.17. The summed E-state index contributed by atoms with van der Waals surface area (Å²) in [6.07, 6.45) is 4.78. The van der Waals surface area contributed by atoms with Crippen molar-refractivity contribution in [3.63, 3.8) is 0 Å². The number of methoxy groups -OCH3 is 2. The van der Waals surface area contributed by atoms with Crippen molar-refractivity contribution >= 4 is 12.0 Å². The molecule has 0 amide bonds. The molecule has 0 aliphatic heterocycles. The monoisotopic (exact) mass is 341 g/mol. The Morgan fingerprint density at radius 2 is 1.76 bits per heavy atom. The largest absolute Gasteiger partial charge is 0.493 e. The summed E-state index contributed by atoms with van der Waals surface area (Å²) < 4.78 is 15.8. The van der Waals surface area contributed by atoms with Crippen molar-refractivity contribution in [1.29, 1.82) is 0 Å². The predicted octanol–water partition coefficient (Wildman–Crippen LogP) is 4.12. The topological polar surface area (TPSA) is 57.7 Å². The maximum absolute atomic E-state index is 11.7. The van der Waals surface area contributed by atoms with Gasteiger partial charge >= 0.3 is 5.97 Å². The highest BCUT2D eigenvalue weighted by molar-refractivity contribution is 5.87. The number of nitrogens with zero attached hydrogens (tertiary/aromatic N) is 1. The molecule has 2 aromatic rings. The van der Waals surface area contributed by atoms with E-state index in [1.54, 1.807) is 26.5 Å². The third-order valence-corrected chi connectivity index (χ3v) is 3.28. The van der Waals surface area contributed by atoms with Crippen molar-refractivity contribution in [2.45, 2.75) is 26.4 Å². The molecular weight excluding hydrogens is 318 g/mol. The quantitative estimate of drug-likeness (QED) is 0.605. The van der Waals surface area contributed by atoms with Crippen LogP contribution in [0.4, 0.5) is 0 Å². The molecule has 0 aliphatic rings. The van der Waals surface area contributed by atoms with Crippen LogP contribution in [0.5, 0.6) is 11.5 Å². The number of pyridine rings is 1. The van der Waals surface area contributed by atoms with E-state index in [1.807, 2.05) is 51.1 Å². The smallest absolute Gasteiger partial charge is 0.331 e. The van der Waals surface area contributed by atoms with Gasteiger partial charge < -0.3 is 14.2 Å². The number of hydrogen-bond acceptors (Lipinski definition) is 5. The fraction of sp³-hybridized carbons (Fsp3) is 0.300. The SMILES string of the molecule is COc1ccc(-c2ccc(C=CC(=O)OC(C)(C)C)cn2)cc1OC. The standard InChI is InChI=1S/C20H23NO4/c1-20(2,3)25-19(22)11-7-14-6-9-16(21-13-14)15-8-10-17(23-4)18(12-15)24-5/h6-13H,1-5H3. The third kappa shape index (κ3) is 5.35. The zero-order chi connectivity index (χ0) is 18.4.